The molecule has 0 aliphatic carbocycles. The molecule has 1 aromatic heterocycles. The molecule has 424 valence electrons. The van der Waals surface area contributed by atoms with E-state index >= 15 is 0 Å². The quantitative estimate of drug-likeness (QED) is 0.175. The van der Waals surface area contributed by atoms with Gasteiger partial charge in [-0.3, -0.25) is 0 Å². The minimum atomic E-state index is -0.238. The lowest BCUT2D eigenvalue weighted by Crippen LogP contribution is -2.44. The highest BCUT2D eigenvalue weighted by molar-refractivity contribution is 6.12. The highest BCUT2D eigenvalue weighted by Crippen LogP contribution is 2.63. The first kappa shape index (κ1) is 51.8. The molecule has 0 amide bonds. The molecule has 7 heterocycles. The molecule has 0 spiro atoms. The fourth-order valence-electron chi connectivity index (χ4n) is 17.2. The number of hydrogen-bond donors (Lipinski definition) is 0. The van der Waals surface area contributed by atoms with Crippen molar-refractivity contribution in [2.24, 2.45) is 0 Å². The largest absolute Gasteiger partial charge is 0.371 e. The molecule has 0 saturated carbocycles. The van der Waals surface area contributed by atoms with Gasteiger partial charge in [-0.15, -0.1) is 0 Å². The zero-order valence-corrected chi connectivity index (χ0v) is 52.1. The molecule has 6 aliphatic rings. The fourth-order valence-corrected chi connectivity index (χ4v) is 17.2. The van der Waals surface area contributed by atoms with Crippen molar-refractivity contribution in [1.29, 1.82) is 0 Å². The summed E-state index contributed by atoms with van der Waals surface area (Å²) in [6.07, 6.45) is 2.35. The topological polar surface area (TPSA) is 14.7 Å². The number of nitrogens with zero attached hydrogens (tertiary/aromatic N) is 4. The van der Waals surface area contributed by atoms with Gasteiger partial charge in [0.05, 0.1) is 45.2 Å². The molecule has 10 aromatic carbocycles. The molecule has 0 radical (unpaired) electrons. The van der Waals surface area contributed by atoms with Gasteiger partial charge in [0.2, 0.25) is 0 Å². The average Bonchev–Trinajstić information content (AvgIpc) is 0.848. The zero-order chi connectivity index (χ0) is 58.9. The van der Waals surface area contributed by atoms with Gasteiger partial charge in [0.25, 0.3) is 0 Å². The number of rotatable bonds is 4. The predicted octanol–water partition coefficient (Wildman–Crippen LogP) is 21.5. The second kappa shape index (κ2) is 17.1. The van der Waals surface area contributed by atoms with E-state index < -0.39 is 0 Å². The van der Waals surface area contributed by atoms with Crippen molar-refractivity contribution in [2.75, 3.05) is 27.8 Å². The molecule has 86 heavy (non-hydrogen) atoms. The molecule has 0 N–H and O–H groups in total. The van der Waals surface area contributed by atoms with Crippen LogP contribution in [0.15, 0.2) is 194 Å². The van der Waals surface area contributed by atoms with Crippen LogP contribution in [-0.4, -0.2) is 17.7 Å². The Kier molecular flexibility index (Phi) is 10.3. The normalized spacial score (nSPS) is 18.5. The zero-order valence-electron chi connectivity index (χ0n) is 52.1. The number of hydrogen-bond acceptors (Lipinski definition) is 3. The van der Waals surface area contributed by atoms with Crippen LogP contribution >= 0.6 is 0 Å². The standard InChI is InChI=1S/C82H76N4/c1-77(2)37-39-83-40-38-78(3,4)63-44-52(43-62(77)74(63)83)49-29-33-55(34-30-49)84-68-35-31-50(53-45-64-75-65(46-53)80(7,8)59-22-14-18-26-71(59)85(75)70-25-17-13-21-58(70)79(64,5)6)41-56(68)57-42-51(32-36-69(57)84)54-47-66-76-67(48-54)82(11,12)61-24-16-20-28-73(61)86(76)72-27-19-15-23-60(72)81(66,9)10/h13-36,41-48H,37-40H2,1-12H3. The maximum Gasteiger partial charge on any atom is 0.0544 e. The lowest BCUT2D eigenvalue weighted by atomic mass is 9.65. The lowest BCUT2D eigenvalue weighted by molar-refractivity contribution is 0.402. The molecule has 0 fully saturated rings. The summed E-state index contributed by atoms with van der Waals surface area (Å²) in [4.78, 5) is 7.82. The minimum Gasteiger partial charge on any atom is -0.371 e. The minimum absolute atomic E-state index is 0.115. The summed E-state index contributed by atoms with van der Waals surface area (Å²) in [5, 5.41) is 2.50. The number of para-hydroxylation sites is 4. The smallest absolute Gasteiger partial charge is 0.0544 e. The van der Waals surface area contributed by atoms with Gasteiger partial charge in [-0.1, -0.05) is 180 Å². The van der Waals surface area contributed by atoms with Crippen LogP contribution in [-0.2, 0) is 32.5 Å². The number of aromatic nitrogens is 1. The Morgan fingerprint density at radius 1 is 0.279 bits per heavy atom. The van der Waals surface area contributed by atoms with E-state index in [0.29, 0.717) is 0 Å². The highest BCUT2D eigenvalue weighted by Gasteiger charge is 2.48. The summed E-state index contributed by atoms with van der Waals surface area (Å²) in [6, 6.07) is 75.8. The van der Waals surface area contributed by atoms with Gasteiger partial charge in [0, 0.05) is 56.9 Å². The van der Waals surface area contributed by atoms with E-state index in [-0.39, 0.29) is 32.5 Å². The molecule has 0 atom stereocenters. The first-order valence-corrected chi connectivity index (χ1v) is 31.6. The van der Waals surface area contributed by atoms with E-state index in [0.717, 1.165) is 13.1 Å². The van der Waals surface area contributed by atoms with E-state index in [1.165, 1.54) is 169 Å². The van der Waals surface area contributed by atoms with Crippen molar-refractivity contribution < 1.29 is 0 Å². The van der Waals surface area contributed by atoms with Crippen LogP contribution in [0.4, 0.5) is 39.8 Å². The summed E-state index contributed by atoms with van der Waals surface area (Å²) >= 11 is 0. The summed E-state index contributed by atoms with van der Waals surface area (Å²) in [5.41, 5.74) is 33.6. The Labute approximate surface area is 508 Å². The van der Waals surface area contributed by atoms with Gasteiger partial charge >= 0.3 is 0 Å². The molecule has 0 unspecified atom stereocenters. The van der Waals surface area contributed by atoms with Crippen LogP contribution < -0.4 is 14.7 Å². The van der Waals surface area contributed by atoms with Gasteiger partial charge in [0.15, 0.2) is 0 Å². The van der Waals surface area contributed by atoms with Gasteiger partial charge < -0.3 is 19.3 Å². The third-order valence-electron chi connectivity index (χ3n) is 22.4. The summed E-state index contributed by atoms with van der Waals surface area (Å²) in [5.74, 6) is 0. The van der Waals surface area contributed by atoms with Gasteiger partial charge in [-0.2, -0.15) is 0 Å². The summed E-state index contributed by atoms with van der Waals surface area (Å²) < 4.78 is 2.53. The molecule has 11 aromatic rings. The van der Waals surface area contributed by atoms with Gasteiger partial charge in [-0.05, 0) is 210 Å². The van der Waals surface area contributed by atoms with E-state index in [1.807, 2.05) is 0 Å². The maximum absolute atomic E-state index is 2.68. The highest BCUT2D eigenvalue weighted by atomic mass is 15.2. The molecule has 17 rings (SSSR count). The van der Waals surface area contributed by atoms with Gasteiger partial charge in [-0.25, -0.2) is 0 Å². The van der Waals surface area contributed by atoms with Crippen LogP contribution in [0.5, 0.6) is 0 Å². The number of anilines is 7. The van der Waals surface area contributed by atoms with Crippen molar-refractivity contribution in [3.8, 4) is 39.1 Å². The monoisotopic (exact) mass is 1120 g/mol. The summed E-state index contributed by atoms with van der Waals surface area (Å²) in [7, 11) is 0. The van der Waals surface area contributed by atoms with Crippen LogP contribution in [0.1, 0.15) is 152 Å². The molecule has 0 bridgehead atoms. The molecule has 0 saturated heterocycles. The van der Waals surface area contributed by atoms with E-state index in [1.54, 1.807) is 0 Å². The second-order valence-electron chi connectivity index (χ2n) is 29.6. The number of fused-ring (bicyclic) bond motifs is 11. The molecule has 4 heteroatoms. The Bertz CT molecular complexity index is 4350. The molecule has 4 nitrogen and oxygen atoms in total. The molecular formula is C82H76N4. The van der Waals surface area contributed by atoms with Crippen molar-refractivity contribution in [2.45, 2.75) is 128 Å². The number of benzene rings is 10. The van der Waals surface area contributed by atoms with Crippen molar-refractivity contribution in [3.05, 3.63) is 250 Å². The lowest BCUT2D eigenvalue weighted by Gasteiger charge is -2.49. The van der Waals surface area contributed by atoms with Crippen LogP contribution in [0.3, 0.4) is 0 Å². The molecular weight excluding hydrogens is 1040 g/mol. The second-order valence-corrected chi connectivity index (χ2v) is 29.6. The first-order chi connectivity index (χ1) is 41.1. The van der Waals surface area contributed by atoms with Crippen molar-refractivity contribution in [3.63, 3.8) is 0 Å². The molecule has 6 aliphatic heterocycles. The Morgan fingerprint density at radius 2 is 0.593 bits per heavy atom. The van der Waals surface area contributed by atoms with Crippen molar-refractivity contribution in [1.82, 2.24) is 4.57 Å². The van der Waals surface area contributed by atoms with E-state index in [2.05, 4.69) is 296 Å². The maximum atomic E-state index is 2.68. The third kappa shape index (κ3) is 6.82. The Morgan fingerprint density at radius 3 is 0.953 bits per heavy atom. The van der Waals surface area contributed by atoms with Crippen LogP contribution in [0.2, 0.25) is 0 Å². The van der Waals surface area contributed by atoms with E-state index in [9.17, 15) is 0 Å². The third-order valence-corrected chi connectivity index (χ3v) is 22.4. The fraction of sp³-hybridized carbons (Fsp3) is 0.268. The Hall–Kier alpha value is -8.60. The predicted molar refractivity (Wildman–Crippen MR) is 362 cm³/mol. The van der Waals surface area contributed by atoms with Crippen LogP contribution in [0.25, 0.3) is 60.9 Å². The average molecular weight is 1120 g/mol. The van der Waals surface area contributed by atoms with Crippen LogP contribution in [0, 0.1) is 0 Å². The van der Waals surface area contributed by atoms with E-state index in [4.69, 9.17) is 0 Å². The van der Waals surface area contributed by atoms with Gasteiger partial charge in [0.1, 0.15) is 0 Å². The Balaban J connectivity index is 0.875. The SMILES string of the molecule is CC1(C)CCN2CCC(C)(C)c3cc(-c4ccc(-n5c6ccc(-c7cc8c9c(c7)C(C)(C)c7ccccc7N9c7ccccc7C8(C)C)cc6c6cc(-c7cc8c9c(c7)C(C)(C)c7ccccc7N9c7ccccc7C8(C)C)ccc65)cc4)cc1c32. The van der Waals surface area contributed by atoms with Crippen molar-refractivity contribution >= 4 is 61.6 Å². The summed E-state index contributed by atoms with van der Waals surface area (Å²) in [6.45, 7) is 31.6. The first-order valence-electron chi connectivity index (χ1n) is 31.6.